The molecule has 68 valence electrons. The van der Waals surface area contributed by atoms with E-state index in [1.807, 2.05) is 0 Å². The van der Waals surface area contributed by atoms with Gasteiger partial charge in [0.05, 0.1) is 0 Å². The van der Waals surface area contributed by atoms with Gasteiger partial charge in [-0.3, -0.25) is 0 Å². The predicted molar refractivity (Wildman–Crippen MR) is 49.5 cm³/mol. The summed E-state index contributed by atoms with van der Waals surface area (Å²) in [5.41, 5.74) is -0.455. The highest BCUT2D eigenvalue weighted by Gasteiger charge is 2.20. The molecule has 1 aromatic carbocycles. The minimum Gasteiger partial charge on any atom is -0.374 e. The zero-order valence-electron chi connectivity index (χ0n) is 7.63. The molecule has 0 aliphatic carbocycles. The van der Waals surface area contributed by atoms with Crippen molar-refractivity contribution in [2.45, 2.75) is 19.4 Å². The number of terminal acetylenes is 1. The molecule has 0 saturated carbocycles. The second-order valence-electron chi connectivity index (χ2n) is 3.18. The zero-order valence-corrected chi connectivity index (χ0v) is 7.63. The summed E-state index contributed by atoms with van der Waals surface area (Å²) in [5.74, 6) is 1.84. The summed E-state index contributed by atoms with van der Waals surface area (Å²) >= 11 is 0. The highest BCUT2D eigenvalue weighted by Crippen LogP contribution is 2.21. The maximum absolute atomic E-state index is 13.1. The molecule has 0 radical (unpaired) electrons. The summed E-state index contributed by atoms with van der Waals surface area (Å²) in [6.45, 7) is 3.11. The molecule has 1 rings (SSSR count). The third kappa shape index (κ3) is 1.88. The standard InChI is InChI=1S/C11H11FO/c1-4-11(3,13)9-6-5-8(2)10(12)7-9/h1,5-7,13H,2-3H3. The van der Waals surface area contributed by atoms with Crippen LogP contribution in [0.5, 0.6) is 0 Å². The molecule has 0 fully saturated rings. The molecule has 13 heavy (non-hydrogen) atoms. The minimum atomic E-state index is -1.39. The Hall–Kier alpha value is -1.33. The van der Waals surface area contributed by atoms with Crippen LogP contribution in [-0.2, 0) is 5.60 Å². The topological polar surface area (TPSA) is 20.2 Å². The zero-order chi connectivity index (χ0) is 10.1. The van der Waals surface area contributed by atoms with Gasteiger partial charge in [0.25, 0.3) is 0 Å². The first-order chi connectivity index (χ1) is 5.97. The average Bonchev–Trinajstić information content (AvgIpc) is 2.09. The monoisotopic (exact) mass is 178 g/mol. The SMILES string of the molecule is C#CC(C)(O)c1ccc(C)c(F)c1. The molecular formula is C11H11FO. The van der Waals surface area contributed by atoms with E-state index in [2.05, 4.69) is 5.92 Å². The van der Waals surface area contributed by atoms with Crippen molar-refractivity contribution in [3.8, 4) is 12.3 Å². The number of halogens is 1. The Morgan fingerprint density at radius 2 is 2.15 bits per heavy atom. The Kier molecular flexibility index (Phi) is 2.40. The summed E-state index contributed by atoms with van der Waals surface area (Å²) in [5, 5.41) is 9.61. The fourth-order valence-electron chi connectivity index (χ4n) is 0.979. The highest BCUT2D eigenvalue weighted by atomic mass is 19.1. The van der Waals surface area contributed by atoms with Gasteiger partial charge in [-0.25, -0.2) is 4.39 Å². The molecular weight excluding hydrogens is 167 g/mol. The van der Waals surface area contributed by atoms with Crippen LogP contribution >= 0.6 is 0 Å². The third-order valence-corrected chi connectivity index (χ3v) is 2.02. The fraction of sp³-hybridized carbons (Fsp3) is 0.273. The van der Waals surface area contributed by atoms with E-state index in [-0.39, 0.29) is 5.82 Å². The van der Waals surface area contributed by atoms with E-state index in [4.69, 9.17) is 6.42 Å². The third-order valence-electron chi connectivity index (χ3n) is 2.02. The van der Waals surface area contributed by atoms with Crippen LogP contribution in [0.15, 0.2) is 18.2 Å². The normalized spacial score (nSPS) is 14.7. The van der Waals surface area contributed by atoms with Gasteiger partial charge in [-0.15, -0.1) is 6.42 Å². The van der Waals surface area contributed by atoms with E-state index in [1.165, 1.54) is 13.0 Å². The van der Waals surface area contributed by atoms with Crippen LogP contribution in [-0.4, -0.2) is 5.11 Å². The van der Waals surface area contributed by atoms with Crippen molar-refractivity contribution in [2.75, 3.05) is 0 Å². The highest BCUT2D eigenvalue weighted by molar-refractivity contribution is 5.32. The minimum absolute atomic E-state index is 0.354. The van der Waals surface area contributed by atoms with E-state index in [9.17, 15) is 9.50 Å². The van der Waals surface area contributed by atoms with Crippen molar-refractivity contribution >= 4 is 0 Å². The number of aliphatic hydroxyl groups is 1. The molecule has 1 nitrogen and oxygen atoms in total. The predicted octanol–water partition coefficient (Wildman–Crippen LogP) is 1.97. The number of rotatable bonds is 1. The maximum Gasteiger partial charge on any atom is 0.148 e. The van der Waals surface area contributed by atoms with Crippen LogP contribution < -0.4 is 0 Å². The van der Waals surface area contributed by atoms with Crippen molar-refractivity contribution < 1.29 is 9.50 Å². The van der Waals surface area contributed by atoms with E-state index < -0.39 is 5.60 Å². The van der Waals surface area contributed by atoms with Crippen LogP contribution in [0, 0.1) is 25.1 Å². The fourth-order valence-corrected chi connectivity index (χ4v) is 0.979. The summed E-state index contributed by atoms with van der Waals surface area (Å²) in [7, 11) is 0. The lowest BCUT2D eigenvalue weighted by Gasteiger charge is -2.16. The Morgan fingerprint density at radius 1 is 1.54 bits per heavy atom. The van der Waals surface area contributed by atoms with Gasteiger partial charge in [-0.05, 0) is 31.0 Å². The van der Waals surface area contributed by atoms with E-state index in [1.54, 1.807) is 19.1 Å². The molecule has 1 unspecified atom stereocenters. The second-order valence-corrected chi connectivity index (χ2v) is 3.18. The molecule has 1 atom stereocenters. The lowest BCUT2D eigenvalue weighted by molar-refractivity contribution is 0.122. The molecule has 0 aromatic heterocycles. The molecule has 0 aliphatic rings. The number of aryl methyl sites for hydroxylation is 1. The van der Waals surface area contributed by atoms with Gasteiger partial charge in [0.2, 0.25) is 0 Å². The molecule has 0 aliphatic heterocycles. The van der Waals surface area contributed by atoms with Gasteiger partial charge in [0.15, 0.2) is 0 Å². The Bertz CT molecular complexity index is 361. The summed E-state index contributed by atoms with van der Waals surface area (Å²) in [6.07, 6.45) is 5.10. The second kappa shape index (κ2) is 3.20. The molecule has 0 bridgehead atoms. The molecule has 1 aromatic rings. The van der Waals surface area contributed by atoms with Crippen LogP contribution in [0.2, 0.25) is 0 Å². The summed E-state index contributed by atoms with van der Waals surface area (Å²) in [6, 6.07) is 4.48. The van der Waals surface area contributed by atoms with Gasteiger partial charge in [-0.2, -0.15) is 0 Å². The number of benzene rings is 1. The molecule has 0 saturated heterocycles. The molecule has 0 amide bonds. The lowest BCUT2D eigenvalue weighted by atomic mass is 9.96. The Labute approximate surface area is 77.2 Å². The molecule has 1 N–H and O–H groups in total. The van der Waals surface area contributed by atoms with Gasteiger partial charge in [0, 0.05) is 0 Å². The number of hydrogen-bond donors (Lipinski definition) is 1. The van der Waals surface area contributed by atoms with E-state index >= 15 is 0 Å². The lowest BCUT2D eigenvalue weighted by Crippen LogP contribution is -2.18. The summed E-state index contributed by atoms with van der Waals surface area (Å²) in [4.78, 5) is 0. The van der Waals surface area contributed by atoms with Crippen molar-refractivity contribution in [1.82, 2.24) is 0 Å². The van der Waals surface area contributed by atoms with Crippen molar-refractivity contribution in [3.63, 3.8) is 0 Å². The van der Waals surface area contributed by atoms with Crippen molar-refractivity contribution in [2.24, 2.45) is 0 Å². The van der Waals surface area contributed by atoms with Crippen LogP contribution in [0.3, 0.4) is 0 Å². The van der Waals surface area contributed by atoms with Crippen LogP contribution in [0.4, 0.5) is 4.39 Å². The first-order valence-electron chi connectivity index (χ1n) is 3.94. The van der Waals surface area contributed by atoms with E-state index in [0.717, 1.165) is 0 Å². The number of hydrogen-bond acceptors (Lipinski definition) is 1. The van der Waals surface area contributed by atoms with Crippen molar-refractivity contribution in [3.05, 3.63) is 35.1 Å². The molecule has 0 spiro atoms. The Morgan fingerprint density at radius 3 is 2.62 bits per heavy atom. The van der Waals surface area contributed by atoms with Gasteiger partial charge >= 0.3 is 0 Å². The largest absolute Gasteiger partial charge is 0.374 e. The van der Waals surface area contributed by atoms with Gasteiger partial charge in [-0.1, -0.05) is 18.1 Å². The maximum atomic E-state index is 13.1. The first kappa shape index (κ1) is 9.76. The molecule has 2 heteroatoms. The van der Waals surface area contributed by atoms with Gasteiger partial charge < -0.3 is 5.11 Å². The first-order valence-corrected chi connectivity index (χ1v) is 3.94. The molecule has 0 heterocycles. The average molecular weight is 178 g/mol. The quantitative estimate of drug-likeness (QED) is 0.652. The van der Waals surface area contributed by atoms with E-state index in [0.29, 0.717) is 11.1 Å². The Balaban J connectivity index is 3.20. The van der Waals surface area contributed by atoms with Crippen LogP contribution in [0.1, 0.15) is 18.1 Å². The van der Waals surface area contributed by atoms with Crippen molar-refractivity contribution in [1.29, 1.82) is 0 Å². The van der Waals surface area contributed by atoms with Gasteiger partial charge in [0.1, 0.15) is 11.4 Å². The summed E-state index contributed by atoms with van der Waals surface area (Å²) < 4.78 is 13.1. The smallest absolute Gasteiger partial charge is 0.148 e. The van der Waals surface area contributed by atoms with Crippen LogP contribution in [0.25, 0.3) is 0 Å².